The van der Waals surface area contributed by atoms with Crippen molar-refractivity contribution in [3.63, 3.8) is 0 Å². The van der Waals surface area contributed by atoms with E-state index in [4.69, 9.17) is 4.42 Å². The van der Waals surface area contributed by atoms with Gasteiger partial charge in [0, 0.05) is 18.0 Å². The fourth-order valence-corrected chi connectivity index (χ4v) is 3.61. The van der Waals surface area contributed by atoms with E-state index in [0.717, 1.165) is 4.31 Å². The van der Waals surface area contributed by atoms with Crippen molar-refractivity contribution >= 4 is 27.0 Å². The molecule has 21 heavy (non-hydrogen) atoms. The van der Waals surface area contributed by atoms with Crippen LogP contribution in [-0.2, 0) is 19.6 Å². The third-order valence-corrected chi connectivity index (χ3v) is 5.11. The molecule has 3 rings (SSSR count). The van der Waals surface area contributed by atoms with Crippen molar-refractivity contribution in [2.45, 2.75) is 10.9 Å². The summed E-state index contributed by atoms with van der Waals surface area (Å²) < 4.78 is 35.2. The molecule has 2 unspecified atom stereocenters. The Kier molecular flexibility index (Phi) is 3.07. The van der Waals surface area contributed by atoms with E-state index in [-0.39, 0.29) is 11.4 Å². The van der Waals surface area contributed by atoms with Crippen LogP contribution >= 0.6 is 0 Å². The SMILES string of the molecule is COC(=O)C1CN1S(=O)(=O)c1ccc2oc(=O)ccc2c1. The standard InChI is InChI=1S/C13H11NO6S/c1-19-13(16)10-7-14(10)21(17,18)9-3-4-11-8(6-9)2-5-12(15)20-11/h2-6,10H,7H2,1H3. The highest BCUT2D eigenvalue weighted by atomic mass is 32.2. The maximum atomic E-state index is 12.4. The number of ether oxygens (including phenoxy) is 1. The normalized spacial score (nSPS) is 21.2. The molecule has 0 spiro atoms. The van der Waals surface area contributed by atoms with Gasteiger partial charge in [0.2, 0.25) is 10.0 Å². The molecule has 1 aromatic heterocycles. The highest BCUT2D eigenvalue weighted by Gasteiger charge is 2.50. The molecule has 0 radical (unpaired) electrons. The van der Waals surface area contributed by atoms with Gasteiger partial charge in [-0.15, -0.1) is 0 Å². The number of hydrogen-bond acceptors (Lipinski definition) is 6. The molecule has 2 heterocycles. The molecule has 1 aromatic carbocycles. The van der Waals surface area contributed by atoms with E-state index >= 15 is 0 Å². The van der Waals surface area contributed by atoms with Crippen molar-refractivity contribution in [1.82, 2.24) is 4.31 Å². The van der Waals surface area contributed by atoms with Crippen molar-refractivity contribution in [2.75, 3.05) is 13.7 Å². The number of benzene rings is 1. The Morgan fingerprint density at radius 2 is 2.10 bits per heavy atom. The first-order valence-electron chi connectivity index (χ1n) is 6.07. The quantitative estimate of drug-likeness (QED) is 0.461. The van der Waals surface area contributed by atoms with Crippen LogP contribution in [0.15, 0.2) is 44.4 Å². The van der Waals surface area contributed by atoms with E-state index in [9.17, 15) is 18.0 Å². The van der Waals surface area contributed by atoms with Crippen LogP contribution in [-0.4, -0.2) is 38.4 Å². The van der Waals surface area contributed by atoms with E-state index in [2.05, 4.69) is 4.74 Å². The number of esters is 1. The van der Waals surface area contributed by atoms with Crippen molar-refractivity contribution in [3.05, 3.63) is 40.8 Å². The molecule has 8 heteroatoms. The first kappa shape index (κ1) is 13.8. The first-order chi connectivity index (χ1) is 9.93. The van der Waals surface area contributed by atoms with Crippen LogP contribution in [0.25, 0.3) is 11.0 Å². The Bertz CT molecular complexity index is 885. The Labute approximate surface area is 119 Å². The monoisotopic (exact) mass is 309 g/mol. The van der Waals surface area contributed by atoms with Gasteiger partial charge in [-0.05, 0) is 24.3 Å². The van der Waals surface area contributed by atoms with Gasteiger partial charge >= 0.3 is 11.6 Å². The third kappa shape index (κ3) is 2.32. The van der Waals surface area contributed by atoms with Crippen LogP contribution in [0.3, 0.4) is 0 Å². The third-order valence-electron chi connectivity index (χ3n) is 3.24. The molecule has 0 aliphatic carbocycles. The number of carbonyl (C=O) groups excluding carboxylic acids is 1. The van der Waals surface area contributed by atoms with Crippen LogP contribution in [0.5, 0.6) is 0 Å². The summed E-state index contributed by atoms with van der Waals surface area (Å²) in [6.07, 6.45) is 0. The van der Waals surface area contributed by atoms with E-state index in [1.807, 2.05) is 0 Å². The van der Waals surface area contributed by atoms with E-state index in [1.165, 1.54) is 37.4 Å². The zero-order chi connectivity index (χ0) is 15.2. The Balaban J connectivity index is 1.99. The number of hydrogen-bond donors (Lipinski definition) is 0. The van der Waals surface area contributed by atoms with Gasteiger partial charge in [-0.25, -0.2) is 13.2 Å². The van der Waals surface area contributed by atoms with Gasteiger partial charge in [-0.3, -0.25) is 4.79 Å². The van der Waals surface area contributed by atoms with Crippen molar-refractivity contribution < 1.29 is 22.4 Å². The van der Waals surface area contributed by atoms with Crippen LogP contribution in [0.1, 0.15) is 0 Å². The zero-order valence-electron chi connectivity index (χ0n) is 11.0. The average Bonchev–Trinajstić information content (AvgIpc) is 3.27. The summed E-state index contributed by atoms with van der Waals surface area (Å²) in [4.78, 5) is 22.5. The zero-order valence-corrected chi connectivity index (χ0v) is 11.8. The molecular formula is C13H11NO6S. The van der Waals surface area contributed by atoms with Gasteiger partial charge in [0.25, 0.3) is 0 Å². The lowest BCUT2D eigenvalue weighted by Gasteiger charge is -2.06. The van der Waals surface area contributed by atoms with Crippen molar-refractivity contribution in [3.8, 4) is 0 Å². The summed E-state index contributed by atoms with van der Waals surface area (Å²) in [5, 5.41) is 0.493. The van der Waals surface area contributed by atoms with Gasteiger partial charge in [-0.2, -0.15) is 4.31 Å². The Morgan fingerprint density at radius 1 is 1.33 bits per heavy atom. The van der Waals surface area contributed by atoms with Crippen molar-refractivity contribution in [2.24, 2.45) is 0 Å². The van der Waals surface area contributed by atoms with Gasteiger partial charge < -0.3 is 9.15 Å². The summed E-state index contributed by atoms with van der Waals surface area (Å²) in [7, 11) is -2.55. The Morgan fingerprint density at radius 3 is 2.81 bits per heavy atom. The molecule has 1 aliphatic heterocycles. The molecule has 1 fully saturated rings. The topological polar surface area (TPSA) is 93.7 Å². The summed E-state index contributed by atoms with van der Waals surface area (Å²) in [6, 6.07) is 6.10. The number of fused-ring (bicyclic) bond motifs is 1. The maximum Gasteiger partial charge on any atom is 0.336 e. The number of sulfonamides is 1. The molecule has 0 amide bonds. The summed E-state index contributed by atoms with van der Waals surface area (Å²) in [5.74, 6) is -0.578. The molecule has 0 bridgehead atoms. The van der Waals surface area contributed by atoms with E-state index in [0.29, 0.717) is 11.0 Å². The Hall–Kier alpha value is -2.19. The van der Waals surface area contributed by atoms with Crippen LogP contribution in [0.4, 0.5) is 0 Å². The minimum absolute atomic E-state index is 0.0373. The first-order valence-corrected chi connectivity index (χ1v) is 7.51. The molecule has 0 N–H and O–H groups in total. The number of methoxy groups -OCH3 is 1. The minimum atomic E-state index is -3.76. The summed E-state index contributed by atoms with van der Waals surface area (Å²) in [5.41, 5.74) is -0.202. The molecule has 2 atom stereocenters. The average molecular weight is 309 g/mol. The lowest BCUT2D eigenvalue weighted by atomic mass is 10.2. The lowest BCUT2D eigenvalue weighted by Crippen LogP contribution is -2.20. The van der Waals surface area contributed by atoms with E-state index < -0.39 is 27.7 Å². The minimum Gasteiger partial charge on any atom is -0.468 e. The highest BCUT2D eigenvalue weighted by molar-refractivity contribution is 7.89. The number of rotatable bonds is 3. The van der Waals surface area contributed by atoms with Crippen LogP contribution in [0.2, 0.25) is 0 Å². The molecular weight excluding hydrogens is 298 g/mol. The van der Waals surface area contributed by atoms with Gasteiger partial charge in [0.1, 0.15) is 11.6 Å². The predicted molar refractivity (Wildman–Crippen MR) is 72.2 cm³/mol. The second-order valence-corrected chi connectivity index (χ2v) is 6.46. The van der Waals surface area contributed by atoms with Crippen LogP contribution in [0, 0.1) is 0 Å². The summed E-state index contributed by atoms with van der Waals surface area (Å²) >= 11 is 0. The second kappa shape index (κ2) is 4.68. The fourth-order valence-electron chi connectivity index (χ4n) is 2.06. The molecule has 2 aromatic rings. The largest absolute Gasteiger partial charge is 0.468 e. The fraction of sp³-hybridized carbons (Fsp3) is 0.231. The molecule has 1 saturated heterocycles. The number of nitrogens with zero attached hydrogens (tertiary/aromatic N) is 1. The van der Waals surface area contributed by atoms with Gasteiger partial charge in [-0.1, -0.05) is 0 Å². The van der Waals surface area contributed by atoms with E-state index in [1.54, 1.807) is 0 Å². The molecule has 110 valence electrons. The molecule has 1 aliphatic rings. The maximum absolute atomic E-state index is 12.4. The number of carbonyl (C=O) groups is 1. The second-order valence-electron chi connectivity index (χ2n) is 4.57. The summed E-state index contributed by atoms with van der Waals surface area (Å²) in [6.45, 7) is 0.108. The van der Waals surface area contributed by atoms with Crippen molar-refractivity contribution in [1.29, 1.82) is 0 Å². The smallest absolute Gasteiger partial charge is 0.336 e. The van der Waals surface area contributed by atoms with Gasteiger partial charge in [0.15, 0.2) is 0 Å². The highest BCUT2D eigenvalue weighted by Crippen LogP contribution is 2.30. The van der Waals surface area contributed by atoms with Crippen LogP contribution < -0.4 is 5.63 Å². The predicted octanol–water partition coefficient (Wildman–Crippen LogP) is 0.339. The molecule has 0 saturated carbocycles. The molecule has 7 nitrogen and oxygen atoms in total. The van der Waals surface area contributed by atoms with Gasteiger partial charge in [0.05, 0.1) is 12.0 Å². The lowest BCUT2D eigenvalue weighted by molar-refractivity contribution is -0.140.